The Bertz CT molecular complexity index is 924. The topological polar surface area (TPSA) is 50.7 Å². The number of carbonyl (C=O) groups is 1. The molecular weight excluding hydrogens is 380 g/mol. The number of benzene rings is 3. The van der Waals surface area contributed by atoms with Gasteiger partial charge in [-0.05, 0) is 57.4 Å². The Morgan fingerprint density at radius 3 is 2.60 bits per heavy atom. The van der Waals surface area contributed by atoms with Gasteiger partial charge in [0.15, 0.2) is 6.10 Å². The number of nitrogens with zero attached hydrogens (tertiary/aromatic N) is 1. The Hall–Kier alpha value is -2.66. The van der Waals surface area contributed by atoms with Gasteiger partial charge < -0.3 is 4.74 Å². The van der Waals surface area contributed by atoms with Gasteiger partial charge in [0.1, 0.15) is 5.75 Å². The summed E-state index contributed by atoms with van der Waals surface area (Å²) < 4.78 is 6.43. The van der Waals surface area contributed by atoms with Crippen LogP contribution in [0.4, 0.5) is 0 Å². The molecule has 0 aliphatic carbocycles. The van der Waals surface area contributed by atoms with E-state index >= 15 is 0 Å². The summed E-state index contributed by atoms with van der Waals surface area (Å²) in [6, 6.07) is 21.5. The van der Waals surface area contributed by atoms with Crippen LogP contribution in [0, 0.1) is 0 Å². The third kappa shape index (κ3) is 4.45. The average Bonchev–Trinajstić information content (AvgIpc) is 2.63. The lowest BCUT2D eigenvalue weighted by Crippen LogP contribution is -2.33. The number of carbonyl (C=O) groups excluding carboxylic acids is 1. The summed E-state index contributed by atoms with van der Waals surface area (Å²) >= 11 is 3.39. The van der Waals surface area contributed by atoms with Crippen LogP contribution in [0.15, 0.2) is 76.3 Å². The monoisotopic (exact) mass is 396 g/mol. The molecule has 0 saturated heterocycles. The molecule has 5 heteroatoms. The van der Waals surface area contributed by atoms with Gasteiger partial charge in [-0.3, -0.25) is 4.79 Å². The third-order valence-electron chi connectivity index (χ3n) is 3.67. The Labute approximate surface area is 154 Å². The molecule has 0 aromatic heterocycles. The molecule has 1 N–H and O–H groups in total. The maximum atomic E-state index is 12.1. The van der Waals surface area contributed by atoms with Gasteiger partial charge in [-0.15, -0.1) is 0 Å². The van der Waals surface area contributed by atoms with E-state index in [1.807, 2.05) is 54.6 Å². The lowest BCUT2D eigenvalue weighted by atomic mass is 10.1. The van der Waals surface area contributed by atoms with Crippen LogP contribution in [0.1, 0.15) is 12.5 Å². The number of nitrogens with one attached hydrogen (secondary N) is 1. The first kappa shape index (κ1) is 17.2. The molecule has 3 aromatic carbocycles. The van der Waals surface area contributed by atoms with Crippen LogP contribution in [0.5, 0.6) is 5.75 Å². The van der Waals surface area contributed by atoms with Crippen LogP contribution in [0.25, 0.3) is 10.8 Å². The molecule has 1 atom stereocenters. The van der Waals surface area contributed by atoms with E-state index in [2.05, 4.69) is 32.5 Å². The number of halogens is 1. The summed E-state index contributed by atoms with van der Waals surface area (Å²) in [4.78, 5) is 12.1. The van der Waals surface area contributed by atoms with E-state index in [9.17, 15) is 4.79 Å². The summed E-state index contributed by atoms with van der Waals surface area (Å²) in [5, 5.41) is 6.31. The van der Waals surface area contributed by atoms with Crippen molar-refractivity contribution in [3.8, 4) is 5.75 Å². The number of para-hydroxylation sites is 1. The Morgan fingerprint density at radius 2 is 1.80 bits per heavy atom. The van der Waals surface area contributed by atoms with E-state index in [0.717, 1.165) is 15.4 Å². The lowest BCUT2D eigenvalue weighted by molar-refractivity contribution is -0.127. The van der Waals surface area contributed by atoms with Gasteiger partial charge in [0, 0.05) is 0 Å². The van der Waals surface area contributed by atoms with Crippen LogP contribution in [-0.4, -0.2) is 18.2 Å². The quantitative estimate of drug-likeness (QED) is 0.509. The minimum atomic E-state index is -0.660. The molecule has 0 bridgehead atoms. The number of ether oxygens (including phenoxy) is 1. The highest BCUT2D eigenvalue weighted by atomic mass is 79.9. The second-order valence-electron chi connectivity index (χ2n) is 5.53. The van der Waals surface area contributed by atoms with Crippen molar-refractivity contribution in [2.24, 2.45) is 5.10 Å². The molecule has 0 fully saturated rings. The number of fused-ring (bicyclic) bond motifs is 1. The average molecular weight is 397 g/mol. The number of hydrazone groups is 1. The fourth-order valence-corrected chi connectivity index (χ4v) is 2.71. The van der Waals surface area contributed by atoms with E-state index in [4.69, 9.17) is 4.74 Å². The molecule has 0 spiro atoms. The smallest absolute Gasteiger partial charge is 0.280 e. The van der Waals surface area contributed by atoms with Crippen molar-refractivity contribution >= 4 is 38.8 Å². The highest BCUT2D eigenvalue weighted by molar-refractivity contribution is 9.10. The fourth-order valence-electron chi connectivity index (χ4n) is 2.33. The zero-order valence-electron chi connectivity index (χ0n) is 13.6. The van der Waals surface area contributed by atoms with Crippen molar-refractivity contribution in [1.29, 1.82) is 0 Å². The first-order valence-electron chi connectivity index (χ1n) is 7.86. The van der Waals surface area contributed by atoms with Crippen LogP contribution in [0.3, 0.4) is 0 Å². The molecule has 3 rings (SSSR count). The number of hydrogen-bond donors (Lipinski definition) is 1. The molecule has 0 aliphatic heterocycles. The molecule has 4 nitrogen and oxygen atoms in total. The van der Waals surface area contributed by atoms with E-state index < -0.39 is 6.10 Å². The van der Waals surface area contributed by atoms with Crippen molar-refractivity contribution in [2.45, 2.75) is 13.0 Å². The normalized spacial score (nSPS) is 12.2. The van der Waals surface area contributed by atoms with Gasteiger partial charge in [0.05, 0.1) is 10.7 Å². The number of amides is 1. The van der Waals surface area contributed by atoms with Crippen molar-refractivity contribution in [3.63, 3.8) is 0 Å². The molecule has 0 heterocycles. The predicted molar refractivity (Wildman–Crippen MR) is 104 cm³/mol. The van der Waals surface area contributed by atoms with Crippen molar-refractivity contribution in [3.05, 3.63) is 76.8 Å². The minimum Gasteiger partial charge on any atom is -0.480 e. The highest BCUT2D eigenvalue weighted by Gasteiger charge is 2.15. The number of hydrogen-bond acceptors (Lipinski definition) is 3. The molecule has 3 aromatic rings. The van der Waals surface area contributed by atoms with Gasteiger partial charge in [-0.25, -0.2) is 5.43 Å². The van der Waals surface area contributed by atoms with E-state index in [1.54, 1.807) is 19.2 Å². The molecule has 126 valence electrons. The van der Waals surface area contributed by atoms with E-state index in [-0.39, 0.29) is 5.91 Å². The SMILES string of the molecule is CC(Oc1ccccc1Br)C(=O)N/N=C/c1ccc2ccccc2c1. The molecule has 0 radical (unpaired) electrons. The molecule has 1 amide bonds. The number of rotatable bonds is 5. The molecule has 25 heavy (non-hydrogen) atoms. The highest BCUT2D eigenvalue weighted by Crippen LogP contribution is 2.24. The first-order chi connectivity index (χ1) is 12.1. The fraction of sp³-hybridized carbons (Fsp3) is 0.100. The predicted octanol–water partition coefficient (Wildman–Crippen LogP) is 4.52. The lowest BCUT2D eigenvalue weighted by Gasteiger charge is -2.13. The first-order valence-corrected chi connectivity index (χ1v) is 8.66. The Balaban J connectivity index is 1.60. The summed E-state index contributed by atoms with van der Waals surface area (Å²) in [5.41, 5.74) is 3.42. The largest absolute Gasteiger partial charge is 0.480 e. The second kappa shape index (κ2) is 7.94. The molecule has 0 aliphatic rings. The van der Waals surface area contributed by atoms with Gasteiger partial charge in [-0.2, -0.15) is 5.10 Å². The summed E-state index contributed by atoms with van der Waals surface area (Å²) in [7, 11) is 0. The van der Waals surface area contributed by atoms with Gasteiger partial charge in [0.25, 0.3) is 5.91 Å². The van der Waals surface area contributed by atoms with Crippen molar-refractivity contribution < 1.29 is 9.53 Å². The third-order valence-corrected chi connectivity index (χ3v) is 4.33. The zero-order valence-corrected chi connectivity index (χ0v) is 15.2. The summed E-state index contributed by atoms with van der Waals surface area (Å²) in [6.45, 7) is 1.68. The zero-order chi connectivity index (χ0) is 17.6. The van der Waals surface area contributed by atoms with Crippen LogP contribution >= 0.6 is 15.9 Å². The molecule has 0 saturated carbocycles. The Morgan fingerprint density at radius 1 is 1.08 bits per heavy atom. The van der Waals surface area contributed by atoms with Crippen molar-refractivity contribution in [1.82, 2.24) is 5.43 Å². The van der Waals surface area contributed by atoms with E-state index in [1.165, 1.54) is 5.39 Å². The maximum Gasteiger partial charge on any atom is 0.280 e. The second-order valence-corrected chi connectivity index (χ2v) is 6.39. The molecular formula is C20H17BrN2O2. The summed E-state index contributed by atoms with van der Waals surface area (Å²) in [5.74, 6) is 0.302. The molecule has 1 unspecified atom stereocenters. The van der Waals surface area contributed by atoms with Crippen LogP contribution < -0.4 is 10.2 Å². The van der Waals surface area contributed by atoms with Gasteiger partial charge in [-0.1, -0.05) is 48.5 Å². The van der Waals surface area contributed by atoms with Gasteiger partial charge >= 0.3 is 0 Å². The minimum absolute atomic E-state index is 0.312. The van der Waals surface area contributed by atoms with Crippen LogP contribution in [0.2, 0.25) is 0 Å². The van der Waals surface area contributed by atoms with Crippen LogP contribution in [-0.2, 0) is 4.79 Å². The maximum absolute atomic E-state index is 12.1. The summed E-state index contributed by atoms with van der Waals surface area (Å²) in [6.07, 6.45) is 0.961. The van der Waals surface area contributed by atoms with Gasteiger partial charge in [0.2, 0.25) is 0 Å². The standard InChI is InChI=1S/C20H17BrN2O2/c1-14(25-19-9-5-4-8-18(19)21)20(24)23-22-13-15-10-11-16-6-2-3-7-17(16)12-15/h2-14H,1H3,(H,23,24)/b22-13+. The Kier molecular flexibility index (Phi) is 5.46. The van der Waals surface area contributed by atoms with Crippen molar-refractivity contribution in [2.75, 3.05) is 0 Å². The van der Waals surface area contributed by atoms with E-state index in [0.29, 0.717) is 5.75 Å².